The monoisotopic (exact) mass is 266 g/mol. The summed E-state index contributed by atoms with van der Waals surface area (Å²) in [5.74, 6) is 1.55. The minimum absolute atomic E-state index is 0.180. The lowest BCUT2D eigenvalue weighted by atomic mass is 10.2. The Balaban J connectivity index is 2.32. The largest absolute Gasteiger partial charge is 0.343 e. The second kappa shape index (κ2) is 5.30. The van der Waals surface area contributed by atoms with Crippen molar-refractivity contribution in [2.45, 2.75) is 13.8 Å². The molecule has 2 aromatic heterocycles. The fourth-order valence-electron chi connectivity index (χ4n) is 1.62. The fraction of sp³-hybridized carbons (Fsp3) is 0.455. The van der Waals surface area contributed by atoms with Crippen molar-refractivity contribution in [2.24, 2.45) is 5.92 Å². The molecule has 96 valence electrons. The lowest BCUT2D eigenvalue weighted by Crippen LogP contribution is -2.25. The molecular formula is C11H15ClN6. The van der Waals surface area contributed by atoms with Gasteiger partial charge in [0.25, 0.3) is 0 Å². The van der Waals surface area contributed by atoms with Gasteiger partial charge in [0.1, 0.15) is 6.33 Å². The van der Waals surface area contributed by atoms with Crippen LogP contribution >= 0.6 is 11.6 Å². The van der Waals surface area contributed by atoms with Crippen LogP contribution in [0.2, 0.25) is 5.28 Å². The first-order valence-electron chi connectivity index (χ1n) is 5.67. The highest BCUT2D eigenvalue weighted by Gasteiger charge is 2.11. The first-order chi connectivity index (χ1) is 8.56. The van der Waals surface area contributed by atoms with Gasteiger partial charge in [-0.25, -0.2) is 4.98 Å². The van der Waals surface area contributed by atoms with E-state index in [0.717, 1.165) is 6.54 Å². The molecule has 7 heteroatoms. The van der Waals surface area contributed by atoms with Crippen molar-refractivity contribution in [3.05, 3.63) is 24.0 Å². The number of hydrogen-bond donors (Lipinski definition) is 0. The highest BCUT2D eigenvalue weighted by molar-refractivity contribution is 6.28. The van der Waals surface area contributed by atoms with Gasteiger partial charge >= 0.3 is 0 Å². The molecule has 2 aromatic rings. The van der Waals surface area contributed by atoms with E-state index in [0.29, 0.717) is 17.8 Å². The van der Waals surface area contributed by atoms with Crippen molar-refractivity contribution in [3.63, 3.8) is 0 Å². The average Bonchev–Trinajstić information content (AvgIpc) is 2.80. The van der Waals surface area contributed by atoms with Crippen molar-refractivity contribution in [3.8, 4) is 5.95 Å². The normalized spacial score (nSPS) is 10.9. The van der Waals surface area contributed by atoms with E-state index in [4.69, 9.17) is 11.6 Å². The van der Waals surface area contributed by atoms with Gasteiger partial charge in [0.15, 0.2) is 0 Å². The molecular weight excluding hydrogens is 252 g/mol. The Kier molecular flexibility index (Phi) is 3.76. The van der Waals surface area contributed by atoms with E-state index in [-0.39, 0.29) is 5.28 Å². The molecule has 0 unspecified atom stereocenters. The smallest absolute Gasteiger partial charge is 0.241 e. The van der Waals surface area contributed by atoms with Crippen LogP contribution in [0, 0.1) is 5.92 Å². The molecule has 0 fully saturated rings. The van der Waals surface area contributed by atoms with Gasteiger partial charge in [-0.15, -0.1) is 0 Å². The third kappa shape index (κ3) is 2.95. The Labute approximate surface area is 111 Å². The van der Waals surface area contributed by atoms with Crippen LogP contribution in [0.15, 0.2) is 18.7 Å². The Morgan fingerprint density at radius 2 is 2.11 bits per heavy atom. The first-order valence-corrected chi connectivity index (χ1v) is 6.05. The van der Waals surface area contributed by atoms with E-state index < -0.39 is 0 Å². The summed E-state index contributed by atoms with van der Waals surface area (Å²) in [5.41, 5.74) is 0. The molecule has 0 amide bonds. The standard InChI is InChI=1S/C11H15ClN6/c1-8(2)6-17(3)10-14-9(12)15-11(16-10)18-5-4-13-7-18/h4-5,7-8H,6H2,1-3H3. The molecule has 18 heavy (non-hydrogen) atoms. The Morgan fingerprint density at radius 3 is 2.72 bits per heavy atom. The SMILES string of the molecule is CC(C)CN(C)c1nc(Cl)nc(-n2ccnc2)n1. The number of hydrogen-bond acceptors (Lipinski definition) is 5. The zero-order chi connectivity index (χ0) is 13.1. The number of halogens is 1. The van der Waals surface area contributed by atoms with Crippen LogP contribution in [0.25, 0.3) is 5.95 Å². The summed E-state index contributed by atoms with van der Waals surface area (Å²) in [6, 6.07) is 0. The quantitative estimate of drug-likeness (QED) is 0.845. The lowest BCUT2D eigenvalue weighted by Gasteiger charge is -2.19. The molecule has 2 heterocycles. The zero-order valence-electron chi connectivity index (χ0n) is 10.6. The van der Waals surface area contributed by atoms with Gasteiger partial charge < -0.3 is 4.90 Å². The number of aromatic nitrogens is 5. The fourth-order valence-corrected chi connectivity index (χ4v) is 1.77. The second-order valence-electron chi connectivity index (χ2n) is 4.45. The zero-order valence-corrected chi connectivity index (χ0v) is 11.3. The Bertz CT molecular complexity index is 510. The minimum Gasteiger partial charge on any atom is -0.343 e. The summed E-state index contributed by atoms with van der Waals surface area (Å²) in [6.45, 7) is 5.12. The van der Waals surface area contributed by atoms with Crippen molar-refractivity contribution >= 4 is 17.5 Å². The molecule has 0 aliphatic rings. The Hall–Kier alpha value is -1.69. The molecule has 0 aliphatic heterocycles. The van der Waals surface area contributed by atoms with Crippen molar-refractivity contribution < 1.29 is 0 Å². The van der Waals surface area contributed by atoms with E-state index in [1.807, 2.05) is 11.9 Å². The van der Waals surface area contributed by atoms with E-state index in [1.54, 1.807) is 23.3 Å². The molecule has 0 aliphatic carbocycles. The summed E-state index contributed by atoms with van der Waals surface area (Å²) in [7, 11) is 1.93. The maximum absolute atomic E-state index is 5.92. The third-order valence-corrected chi connectivity index (χ3v) is 2.47. The topological polar surface area (TPSA) is 59.7 Å². The van der Waals surface area contributed by atoms with Crippen LogP contribution in [-0.2, 0) is 0 Å². The average molecular weight is 267 g/mol. The number of rotatable bonds is 4. The molecule has 0 bridgehead atoms. The molecule has 6 nitrogen and oxygen atoms in total. The molecule has 0 radical (unpaired) electrons. The summed E-state index contributed by atoms with van der Waals surface area (Å²) in [5, 5.41) is 0.180. The third-order valence-electron chi connectivity index (χ3n) is 2.30. The van der Waals surface area contributed by atoms with E-state index in [1.165, 1.54) is 0 Å². The van der Waals surface area contributed by atoms with Crippen LogP contribution in [0.1, 0.15) is 13.8 Å². The van der Waals surface area contributed by atoms with E-state index >= 15 is 0 Å². The molecule has 0 N–H and O–H groups in total. The molecule has 0 saturated heterocycles. The highest BCUT2D eigenvalue weighted by Crippen LogP contribution is 2.13. The van der Waals surface area contributed by atoms with Crippen molar-refractivity contribution in [1.82, 2.24) is 24.5 Å². The molecule has 0 atom stereocenters. The maximum atomic E-state index is 5.92. The van der Waals surface area contributed by atoms with Gasteiger partial charge in [-0.05, 0) is 17.5 Å². The van der Waals surface area contributed by atoms with Gasteiger partial charge in [0.05, 0.1) is 0 Å². The van der Waals surface area contributed by atoms with E-state index in [2.05, 4.69) is 33.8 Å². The summed E-state index contributed by atoms with van der Waals surface area (Å²) in [6.07, 6.45) is 5.05. The van der Waals surface area contributed by atoms with Gasteiger partial charge in [-0.3, -0.25) is 4.57 Å². The molecule has 2 rings (SSSR count). The van der Waals surface area contributed by atoms with Gasteiger partial charge in [0.2, 0.25) is 17.2 Å². The van der Waals surface area contributed by atoms with E-state index in [9.17, 15) is 0 Å². The lowest BCUT2D eigenvalue weighted by molar-refractivity contribution is 0.628. The van der Waals surface area contributed by atoms with Crippen LogP contribution in [0.4, 0.5) is 5.95 Å². The summed E-state index contributed by atoms with van der Waals surface area (Å²) >= 11 is 5.92. The van der Waals surface area contributed by atoms with Gasteiger partial charge in [-0.1, -0.05) is 13.8 Å². The van der Waals surface area contributed by atoms with Crippen molar-refractivity contribution in [2.75, 3.05) is 18.5 Å². The van der Waals surface area contributed by atoms with Gasteiger partial charge in [0, 0.05) is 26.0 Å². The van der Waals surface area contributed by atoms with Crippen LogP contribution < -0.4 is 4.90 Å². The molecule has 0 spiro atoms. The molecule has 0 aromatic carbocycles. The predicted octanol–water partition coefficient (Wildman–Crippen LogP) is 1.80. The maximum Gasteiger partial charge on any atom is 0.241 e. The predicted molar refractivity (Wildman–Crippen MR) is 70.1 cm³/mol. The van der Waals surface area contributed by atoms with Gasteiger partial charge in [-0.2, -0.15) is 15.0 Å². The summed E-state index contributed by atoms with van der Waals surface area (Å²) in [4.78, 5) is 18.5. The Morgan fingerprint density at radius 1 is 1.33 bits per heavy atom. The highest BCUT2D eigenvalue weighted by atomic mass is 35.5. The minimum atomic E-state index is 0.180. The van der Waals surface area contributed by atoms with Crippen LogP contribution in [0.5, 0.6) is 0 Å². The molecule has 0 saturated carbocycles. The first kappa shape index (κ1) is 12.8. The second-order valence-corrected chi connectivity index (χ2v) is 4.79. The van der Waals surface area contributed by atoms with Crippen molar-refractivity contribution in [1.29, 1.82) is 0 Å². The summed E-state index contributed by atoms with van der Waals surface area (Å²) < 4.78 is 1.69. The number of nitrogens with zero attached hydrogens (tertiary/aromatic N) is 6. The van der Waals surface area contributed by atoms with Crippen LogP contribution in [0.3, 0.4) is 0 Å². The van der Waals surface area contributed by atoms with Crippen LogP contribution in [-0.4, -0.2) is 38.1 Å². The number of anilines is 1. The number of imidazole rings is 1.